The Morgan fingerprint density at radius 3 is 2.47 bits per heavy atom. The molecule has 0 saturated carbocycles. The maximum atomic E-state index is 14.6. The lowest BCUT2D eigenvalue weighted by atomic mass is 10.1. The van der Waals surface area contributed by atoms with E-state index < -0.39 is 23.6 Å². The lowest BCUT2D eigenvalue weighted by Gasteiger charge is -2.12. The van der Waals surface area contributed by atoms with Crippen LogP contribution in [0.3, 0.4) is 0 Å². The van der Waals surface area contributed by atoms with E-state index >= 15 is 0 Å². The van der Waals surface area contributed by atoms with Gasteiger partial charge < -0.3 is 20.3 Å². The molecule has 0 radical (unpaired) electrons. The van der Waals surface area contributed by atoms with Gasteiger partial charge in [0.2, 0.25) is 5.91 Å². The Balaban J connectivity index is 0.00000456. The molecule has 0 aliphatic heterocycles. The summed E-state index contributed by atoms with van der Waals surface area (Å²) in [6.07, 6.45) is 2.40. The maximum absolute atomic E-state index is 14.6. The van der Waals surface area contributed by atoms with E-state index in [2.05, 4.69) is 25.8 Å². The Labute approximate surface area is 214 Å². The van der Waals surface area contributed by atoms with Gasteiger partial charge in [0.1, 0.15) is 17.4 Å². The van der Waals surface area contributed by atoms with Crippen molar-refractivity contribution in [3.8, 4) is 11.5 Å². The number of anilines is 2. The van der Waals surface area contributed by atoms with Gasteiger partial charge in [0, 0.05) is 30.6 Å². The molecule has 0 unspecified atom stereocenters. The van der Waals surface area contributed by atoms with E-state index in [0.717, 1.165) is 25.6 Å². The van der Waals surface area contributed by atoms with Gasteiger partial charge in [-0.3, -0.25) is 10.1 Å². The third kappa shape index (κ3) is 9.47. The average Bonchev–Trinajstić information content (AvgIpc) is 2.80. The fourth-order valence-electron chi connectivity index (χ4n) is 3.09. The number of hydrogen-bond donors (Lipinski definition) is 3. The maximum Gasteiger partial charge on any atom is 0.325 e. The van der Waals surface area contributed by atoms with E-state index in [1.54, 1.807) is 18.3 Å². The number of nitrogens with zero attached hydrogens (tertiary/aromatic N) is 2. The van der Waals surface area contributed by atoms with Crippen molar-refractivity contribution in [3.05, 3.63) is 78.0 Å². The third-order valence-corrected chi connectivity index (χ3v) is 4.77. The van der Waals surface area contributed by atoms with Crippen LogP contribution < -0.4 is 20.7 Å². The van der Waals surface area contributed by atoms with E-state index in [9.17, 15) is 18.4 Å². The van der Waals surface area contributed by atoms with Crippen LogP contribution in [0.1, 0.15) is 12.0 Å². The van der Waals surface area contributed by atoms with E-state index in [-0.39, 0.29) is 30.3 Å². The highest BCUT2D eigenvalue weighted by Gasteiger charge is 2.12. The quantitative estimate of drug-likeness (QED) is 0.332. The Morgan fingerprint density at radius 1 is 1.03 bits per heavy atom. The Morgan fingerprint density at radius 2 is 1.78 bits per heavy atom. The van der Waals surface area contributed by atoms with Crippen LogP contribution >= 0.6 is 12.4 Å². The number of urea groups is 1. The summed E-state index contributed by atoms with van der Waals surface area (Å²) < 4.78 is 33.1. The molecule has 8 nitrogen and oxygen atoms in total. The van der Waals surface area contributed by atoms with Gasteiger partial charge >= 0.3 is 6.03 Å². The highest BCUT2D eigenvalue weighted by molar-refractivity contribution is 6.01. The highest BCUT2D eigenvalue weighted by Crippen LogP contribution is 2.27. The number of aromatic nitrogens is 1. The summed E-state index contributed by atoms with van der Waals surface area (Å²) in [6.45, 7) is 1.67. The van der Waals surface area contributed by atoms with Crippen molar-refractivity contribution < 1.29 is 23.1 Å². The van der Waals surface area contributed by atoms with Crippen LogP contribution in [0, 0.1) is 11.6 Å². The summed E-state index contributed by atoms with van der Waals surface area (Å²) in [4.78, 5) is 30.4. The zero-order chi connectivity index (χ0) is 25.2. The molecule has 0 saturated heterocycles. The summed E-state index contributed by atoms with van der Waals surface area (Å²) in [7, 11) is 4.01. The molecule has 3 rings (SSSR count). The smallest absolute Gasteiger partial charge is 0.325 e. The van der Waals surface area contributed by atoms with Gasteiger partial charge in [0.25, 0.3) is 0 Å². The van der Waals surface area contributed by atoms with Crippen molar-refractivity contribution >= 4 is 35.9 Å². The van der Waals surface area contributed by atoms with Crippen molar-refractivity contribution in [2.45, 2.75) is 12.8 Å². The van der Waals surface area contributed by atoms with E-state index in [1.807, 2.05) is 14.1 Å². The van der Waals surface area contributed by atoms with Crippen LogP contribution in [0.25, 0.3) is 0 Å². The monoisotopic (exact) mass is 519 g/mol. The second-order valence-corrected chi connectivity index (χ2v) is 8.01. The van der Waals surface area contributed by atoms with E-state index in [4.69, 9.17) is 4.74 Å². The summed E-state index contributed by atoms with van der Waals surface area (Å²) in [5.74, 6) is -0.719. The number of imide groups is 1. The minimum absolute atomic E-state index is 0. The molecule has 3 amide bonds. The highest BCUT2D eigenvalue weighted by atomic mass is 35.5. The van der Waals surface area contributed by atoms with Crippen molar-refractivity contribution in [2.75, 3.05) is 37.8 Å². The van der Waals surface area contributed by atoms with Crippen molar-refractivity contribution in [2.24, 2.45) is 0 Å². The number of carbonyl (C=O) groups excluding carboxylic acids is 2. The molecule has 11 heteroatoms. The molecule has 1 heterocycles. The first kappa shape index (κ1) is 28.5. The van der Waals surface area contributed by atoms with Gasteiger partial charge in [-0.05, 0) is 63.0 Å². The van der Waals surface area contributed by atoms with Crippen LogP contribution in [0.5, 0.6) is 11.5 Å². The van der Waals surface area contributed by atoms with Gasteiger partial charge in [-0.2, -0.15) is 0 Å². The number of rotatable bonds is 10. The number of nitrogens with one attached hydrogen (secondary N) is 3. The number of ether oxygens (including phenoxy) is 1. The lowest BCUT2D eigenvalue weighted by Crippen LogP contribution is -2.35. The molecule has 0 aliphatic rings. The lowest BCUT2D eigenvalue weighted by molar-refractivity contribution is -0.119. The van der Waals surface area contributed by atoms with Gasteiger partial charge in [0.05, 0.1) is 6.42 Å². The summed E-state index contributed by atoms with van der Waals surface area (Å²) in [6, 6.07) is 11.7. The molecule has 36 heavy (non-hydrogen) atoms. The Kier molecular flexibility index (Phi) is 11.0. The molecule has 0 fully saturated rings. The summed E-state index contributed by atoms with van der Waals surface area (Å²) in [5, 5.41) is 7.74. The topological polar surface area (TPSA) is 95.6 Å². The largest absolute Gasteiger partial charge is 0.454 e. The van der Waals surface area contributed by atoms with Crippen LogP contribution in [0.2, 0.25) is 0 Å². The van der Waals surface area contributed by atoms with Gasteiger partial charge in [-0.25, -0.2) is 18.6 Å². The fraction of sp³-hybridized carbons (Fsp3) is 0.240. The van der Waals surface area contributed by atoms with Gasteiger partial charge in [-0.1, -0.05) is 12.1 Å². The molecular weight excluding hydrogens is 492 g/mol. The summed E-state index contributed by atoms with van der Waals surface area (Å²) >= 11 is 0. The minimum Gasteiger partial charge on any atom is -0.454 e. The molecule has 1 aromatic heterocycles. The second-order valence-electron chi connectivity index (χ2n) is 8.01. The Hall–Kier alpha value is -3.76. The van der Waals surface area contributed by atoms with E-state index in [0.29, 0.717) is 17.1 Å². The standard InChI is InChI=1S/C25H27F2N5O3.ClH/c1-32(2)13-3-11-28-23-16-20(10-12-29-23)35-22-9-8-19(15-21(22)27)30-25(34)31-24(33)14-17-4-6-18(26)7-5-17;/h4-10,12,15-16H,3,11,13-14H2,1-2H3,(H,28,29)(H2,30,31,33,34);1H. The van der Waals surface area contributed by atoms with Gasteiger partial charge in [-0.15, -0.1) is 12.4 Å². The van der Waals surface area contributed by atoms with Crippen molar-refractivity contribution in [3.63, 3.8) is 0 Å². The molecule has 3 aromatic rings. The Bertz CT molecular complexity index is 1160. The van der Waals surface area contributed by atoms with Crippen LogP contribution in [-0.2, 0) is 11.2 Å². The summed E-state index contributed by atoms with van der Waals surface area (Å²) in [5.41, 5.74) is 0.687. The number of amides is 3. The predicted octanol–water partition coefficient (Wildman–Crippen LogP) is 4.83. The average molecular weight is 520 g/mol. The van der Waals surface area contributed by atoms with Crippen molar-refractivity contribution in [1.82, 2.24) is 15.2 Å². The molecule has 3 N–H and O–H groups in total. The minimum atomic E-state index is -0.815. The fourth-order valence-corrected chi connectivity index (χ4v) is 3.09. The number of pyridine rings is 1. The first-order valence-electron chi connectivity index (χ1n) is 11.0. The third-order valence-electron chi connectivity index (χ3n) is 4.77. The number of benzene rings is 2. The SMILES string of the molecule is CN(C)CCCNc1cc(Oc2ccc(NC(=O)NC(=O)Cc3ccc(F)cc3)cc2F)ccn1.Cl. The molecule has 0 aliphatic carbocycles. The number of hydrogen-bond acceptors (Lipinski definition) is 6. The van der Waals surface area contributed by atoms with Crippen molar-refractivity contribution in [1.29, 1.82) is 0 Å². The number of halogens is 3. The molecule has 192 valence electrons. The second kappa shape index (κ2) is 14.0. The molecule has 2 aromatic carbocycles. The number of carbonyl (C=O) groups is 2. The van der Waals surface area contributed by atoms with Crippen LogP contribution in [0.4, 0.5) is 25.1 Å². The molecule has 0 spiro atoms. The first-order valence-corrected chi connectivity index (χ1v) is 11.0. The zero-order valence-electron chi connectivity index (χ0n) is 19.9. The molecular formula is C25H28ClF2N5O3. The predicted molar refractivity (Wildman–Crippen MR) is 137 cm³/mol. The first-order chi connectivity index (χ1) is 16.8. The van der Waals surface area contributed by atoms with Crippen LogP contribution in [0.15, 0.2) is 60.8 Å². The van der Waals surface area contributed by atoms with E-state index in [1.165, 1.54) is 36.4 Å². The zero-order valence-corrected chi connectivity index (χ0v) is 20.7. The normalized spacial score (nSPS) is 10.4. The van der Waals surface area contributed by atoms with Gasteiger partial charge in [0.15, 0.2) is 11.6 Å². The van der Waals surface area contributed by atoms with Crippen LogP contribution in [-0.4, -0.2) is 49.0 Å². The molecule has 0 bridgehead atoms. The molecule has 0 atom stereocenters.